The topological polar surface area (TPSA) is 102 Å². The van der Waals surface area contributed by atoms with Gasteiger partial charge in [0, 0.05) is 35.5 Å². The summed E-state index contributed by atoms with van der Waals surface area (Å²) in [4.78, 5) is 23.3. The van der Waals surface area contributed by atoms with Gasteiger partial charge in [-0.15, -0.1) is 0 Å². The van der Waals surface area contributed by atoms with Crippen molar-refractivity contribution in [3.05, 3.63) is 81.2 Å². The maximum absolute atomic E-state index is 12.2. The molecule has 0 aliphatic carbocycles. The number of hydrogen-bond acceptors (Lipinski definition) is 5. The summed E-state index contributed by atoms with van der Waals surface area (Å²) in [6.07, 6.45) is 0. The second-order valence-electron chi connectivity index (χ2n) is 7.37. The van der Waals surface area contributed by atoms with Crippen LogP contribution in [0.4, 0.5) is 11.4 Å². The SMILES string of the molecule is Cc1nn(-c2ccccc2)c(C)c1CNc1ccc(C(=O)NC(C)C)cc1[N+](=O)[O-]. The number of para-hydroxylation sites is 1. The first-order valence-corrected chi connectivity index (χ1v) is 9.71. The molecule has 1 amide bonds. The third-order valence-corrected chi connectivity index (χ3v) is 4.77. The molecule has 0 saturated carbocycles. The number of rotatable bonds is 7. The first kappa shape index (κ1) is 21.0. The minimum atomic E-state index is -0.485. The minimum absolute atomic E-state index is 0.0542. The van der Waals surface area contributed by atoms with Crippen LogP contribution in [-0.4, -0.2) is 26.7 Å². The lowest BCUT2D eigenvalue weighted by molar-refractivity contribution is -0.384. The Kier molecular flexibility index (Phi) is 6.15. The van der Waals surface area contributed by atoms with E-state index in [1.54, 1.807) is 12.1 Å². The van der Waals surface area contributed by atoms with Crippen molar-refractivity contribution in [1.29, 1.82) is 0 Å². The number of nitro benzene ring substituents is 1. The number of nitrogens with zero attached hydrogens (tertiary/aromatic N) is 3. The number of aromatic nitrogens is 2. The molecule has 0 fully saturated rings. The average Bonchev–Trinajstić information content (AvgIpc) is 3.00. The van der Waals surface area contributed by atoms with Gasteiger partial charge in [0.2, 0.25) is 0 Å². The van der Waals surface area contributed by atoms with E-state index in [-0.39, 0.29) is 23.2 Å². The summed E-state index contributed by atoms with van der Waals surface area (Å²) in [7, 11) is 0. The maximum Gasteiger partial charge on any atom is 0.293 e. The molecular weight excluding hydrogens is 382 g/mol. The fourth-order valence-corrected chi connectivity index (χ4v) is 3.25. The molecule has 8 heteroatoms. The second-order valence-corrected chi connectivity index (χ2v) is 7.37. The van der Waals surface area contributed by atoms with Crippen LogP contribution in [-0.2, 0) is 6.54 Å². The van der Waals surface area contributed by atoms with Gasteiger partial charge in [0.1, 0.15) is 5.69 Å². The average molecular weight is 407 g/mol. The molecule has 0 aliphatic rings. The molecule has 2 aromatic carbocycles. The summed E-state index contributed by atoms with van der Waals surface area (Å²) in [5, 5.41) is 22.1. The van der Waals surface area contributed by atoms with Gasteiger partial charge in [0.05, 0.1) is 16.3 Å². The molecule has 156 valence electrons. The number of carbonyl (C=O) groups excluding carboxylic acids is 1. The highest BCUT2D eigenvalue weighted by atomic mass is 16.6. The van der Waals surface area contributed by atoms with Crippen molar-refractivity contribution in [3.63, 3.8) is 0 Å². The fourth-order valence-electron chi connectivity index (χ4n) is 3.25. The molecule has 3 aromatic rings. The zero-order valence-corrected chi connectivity index (χ0v) is 17.5. The number of hydrogen-bond donors (Lipinski definition) is 2. The molecule has 8 nitrogen and oxygen atoms in total. The van der Waals surface area contributed by atoms with E-state index >= 15 is 0 Å². The Balaban J connectivity index is 1.85. The van der Waals surface area contributed by atoms with Crippen LogP contribution in [0.1, 0.15) is 41.2 Å². The van der Waals surface area contributed by atoms with Crippen molar-refractivity contribution >= 4 is 17.3 Å². The van der Waals surface area contributed by atoms with Crippen LogP contribution < -0.4 is 10.6 Å². The second kappa shape index (κ2) is 8.77. The number of nitrogens with one attached hydrogen (secondary N) is 2. The Labute approximate surface area is 175 Å². The van der Waals surface area contributed by atoms with Gasteiger partial charge in [-0.25, -0.2) is 4.68 Å². The van der Waals surface area contributed by atoms with Crippen LogP contribution in [0.5, 0.6) is 0 Å². The van der Waals surface area contributed by atoms with E-state index in [4.69, 9.17) is 0 Å². The number of anilines is 1. The largest absolute Gasteiger partial charge is 0.375 e. The van der Waals surface area contributed by atoms with E-state index < -0.39 is 4.92 Å². The normalized spacial score (nSPS) is 10.8. The summed E-state index contributed by atoms with van der Waals surface area (Å²) in [5.41, 5.74) is 4.20. The van der Waals surface area contributed by atoms with Gasteiger partial charge >= 0.3 is 0 Å². The monoisotopic (exact) mass is 407 g/mol. The highest BCUT2D eigenvalue weighted by molar-refractivity contribution is 5.95. The molecule has 30 heavy (non-hydrogen) atoms. The molecule has 0 aliphatic heterocycles. The summed E-state index contributed by atoms with van der Waals surface area (Å²) < 4.78 is 1.86. The van der Waals surface area contributed by atoms with Crippen molar-refractivity contribution < 1.29 is 9.72 Å². The highest BCUT2D eigenvalue weighted by Crippen LogP contribution is 2.27. The Morgan fingerprint density at radius 3 is 2.50 bits per heavy atom. The standard InChI is InChI=1S/C22H25N5O3/c1-14(2)24-22(28)17-10-11-20(21(12-17)27(29)30)23-13-19-15(3)25-26(16(19)4)18-8-6-5-7-9-18/h5-12,14,23H,13H2,1-4H3,(H,24,28). The fraction of sp³-hybridized carbons (Fsp3) is 0.273. The Morgan fingerprint density at radius 1 is 1.17 bits per heavy atom. The van der Waals surface area contributed by atoms with Crippen LogP contribution in [0, 0.1) is 24.0 Å². The Bertz CT molecular complexity index is 1070. The van der Waals surface area contributed by atoms with Gasteiger partial charge in [-0.2, -0.15) is 5.10 Å². The third-order valence-electron chi connectivity index (χ3n) is 4.77. The van der Waals surface area contributed by atoms with E-state index in [0.29, 0.717) is 12.2 Å². The van der Waals surface area contributed by atoms with E-state index in [1.807, 2.05) is 62.7 Å². The zero-order valence-electron chi connectivity index (χ0n) is 17.5. The van der Waals surface area contributed by atoms with Crippen LogP contribution in [0.15, 0.2) is 48.5 Å². The molecule has 0 unspecified atom stereocenters. The predicted octanol–water partition coefficient (Wildman–Crippen LogP) is 4.15. The van der Waals surface area contributed by atoms with Crippen LogP contribution in [0.2, 0.25) is 0 Å². The lowest BCUT2D eigenvalue weighted by Crippen LogP contribution is -2.30. The molecule has 0 saturated heterocycles. The molecule has 0 radical (unpaired) electrons. The van der Waals surface area contributed by atoms with Gasteiger partial charge in [-0.05, 0) is 52.0 Å². The summed E-state index contributed by atoms with van der Waals surface area (Å²) >= 11 is 0. The van der Waals surface area contributed by atoms with Gasteiger partial charge in [-0.1, -0.05) is 18.2 Å². The quantitative estimate of drug-likeness (QED) is 0.452. The van der Waals surface area contributed by atoms with Crippen LogP contribution >= 0.6 is 0 Å². The number of carbonyl (C=O) groups is 1. The Hall–Kier alpha value is -3.68. The minimum Gasteiger partial charge on any atom is -0.375 e. The van der Waals surface area contributed by atoms with E-state index in [2.05, 4.69) is 15.7 Å². The number of nitro groups is 1. The first-order valence-electron chi connectivity index (χ1n) is 9.71. The van der Waals surface area contributed by atoms with Crippen molar-refractivity contribution in [1.82, 2.24) is 15.1 Å². The van der Waals surface area contributed by atoms with Gasteiger partial charge in [0.15, 0.2) is 0 Å². The van der Waals surface area contributed by atoms with Gasteiger partial charge < -0.3 is 10.6 Å². The molecule has 0 atom stereocenters. The lowest BCUT2D eigenvalue weighted by atomic mass is 10.1. The van der Waals surface area contributed by atoms with Crippen molar-refractivity contribution in [3.8, 4) is 5.69 Å². The molecule has 2 N–H and O–H groups in total. The summed E-state index contributed by atoms with van der Waals surface area (Å²) in [5.74, 6) is -0.338. The van der Waals surface area contributed by atoms with Crippen LogP contribution in [0.25, 0.3) is 5.69 Å². The Morgan fingerprint density at radius 2 is 1.87 bits per heavy atom. The lowest BCUT2D eigenvalue weighted by Gasteiger charge is -2.11. The predicted molar refractivity (Wildman–Crippen MR) is 116 cm³/mol. The van der Waals surface area contributed by atoms with Crippen molar-refractivity contribution in [2.45, 2.75) is 40.3 Å². The van der Waals surface area contributed by atoms with E-state index in [0.717, 1.165) is 22.6 Å². The van der Waals surface area contributed by atoms with Gasteiger partial charge in [0.25, 0.3) is 11.6 Å². The third kappa shape index (κ3) is 4.48. The molecule has 0 bridgehead atoms. The number of amides is 1. The van der Waals surface area contributed by atoms with Crippen molar-refractivity contribution in [2.24, 2.45) is 0 Å². The van der Waals surface area contributed by atoms with E-state index in [9.17, 15) is 14.9 Å². The first-order chi connectivity index (χ1) is 14.3. The molecule has 1 heterocycles. The maximum atomic E-state index is 12.2. The molecular formula is C22H25N5O3. The summed E-state index contributed by atoms with van der Waals surface area (Å²) in [6, 6.07) is 14.2. The van der Waals surface area contributed by atoms with Gasteiger partial charge in [-0.3, -0.25) is 14.9 Å². The molecule has 3 rings (SSSR count). The van der Waals surface area contributed by atoms with Crippen molar-refractivity contribution in [2.75, 3.05) is 5.32 Å². The molecule has 1 aromatic heterocycles. The highest BCUT2D eigenvalue weighted by Gasteiger charge is 2.19. The number of aryl methyl sites for hydroxylation is 1. The smallest absolute Gasteiger partial charge is 0.293 e. The van der Waals surface area contributed by atoms with E-state index in [1.165, 1.54) is 6.07 Å². The zero-order chi connectivity index (χ0) is 21.8. The summed E-state index contributed by atoms with van der Waals surface area (Å²) in [6.45, 7) is 7.93. The van der Waals surface area contributed by atoms with Crippen LogP contribution in [0.3, 0.4) is 0 Å². The number of benzene rings is 2. The molecule has 0 spiro atoms.